The largest absolute Gasteiger partial charge is 0.489 e. The molecule has 0 saturated carbocycles. The third-order valence-electron chi connectivity index (χ3n) is 7.22. The molecule has 9 nitrogen and oxygen atoms in total. The zero-order valence-corrected chi connectivity index (χ0v) is 20.8. The number of carboxylic acid groups (broad SMARTS) is 1. The zero-order chi connectivity index (χ0) is 26.0. The molecule has 2 aromatic carbocycles. The second kappa shape index (κ2) is 10.1. The lowest BCUT2D eigenvalue weighted by Gasteiger charge is -2.42. The summed E-state index contributed by atoms with van der Waals surface area (Å²) in [5.41, 5.74) is 3.90. The molecule has 9 heteroatoms. The molecule has 1 saturated heterocycles. The van der Waals surface area contributed by atoms with E-state index in [-0.39, 0.29) is 18.9 Å². The minimum absolute atomic E-state index is 0.0685. The van der Waals surface area contributed by atoms with Crippen LogP contribution < -0.4 is 4.74 Å². The van der Waals surface area contributed by atoms with E-state index in [1.807, 2.05) is 61.5 Å². The standard InChI is InChI=1S/C28H29N3O6/c1-18-13-20(23-5-3-4-6-24(23)29-18)17-36-22-9-7-19(8-10-22)25-15-28(37-30-25)11-12-31(27(33)34)16-21(28)14-26(32)35-2/h3-10,13,21H,11-12,14-17H2,1-2H3,(H,33,34). The Balaban J connectivity index is 1.27. The van der Waals surface area contributed by atoms with Crippen LogP contribution in [0.4, 0.5) is 4.79 Å². The molecule has 2 aliphatic heterocycles. The summed E-state index contributed by atoms with van der Waals surface area (Å²) in [7, 11) is 1.33. The van der Waals surface area contributed by atoms with Gasteiger partial charge >= 0.3 is 12.1 Å². The van der Waals surface area contributed by atoms with E-state index in [9.17, 15) is 14.7 Å². The van der Waals surface area contributed by atoms with Gasteiger partial charge in [-0.3, -0.25) is 9.78 Å². The molecule has 37 heavy (non-hydrogen) atoms. The number of aromatic nitrogens is 1. The Morgan fingerprint density at radius 2 is 1.97 bits per heavy atom. The number of ether oxygens (including phenoxy) is 2. The van der Waals surface area contributed by atoms with Crippen molar-refractivity contribution in [1.29, 1.82) is 0 Å². The van der Waals surface area contributed by atoms with E-state index in [4.69, 9.17) is 14.3 Å². The Kier molecular flexibility index (Phi) is 6.69. The molecule has 0 aliphatic carbocycles. The number of rotatable bonds is 6. The third kappa shape index (κ3) is 5.07. The van der Waals surface area contributed by atoms with Gasteiger partial charge in [-0.1, -0.05) is 23.4 Å². The van der Waals surface area contributed by atoms with Crippen LogP contribution in [0.25, 0.3) is 10.9 Å². The van der Waals surface area contributed by atoms with E-state index in [1.54, 1.807) is 0 Å². The Bertz CT molecular complexity index is 1360. The molecule has 2 unspecified atom stereocenters. The van der Waals surface area contributed by atoms with Gasteiger partial charge < -0.3 is 24.3 Å². The fraction of sp³-hybridized carbons (Fsp3) is 0.357. The molecular formula is C28H29N3O6. The number of hydrogen-bond donors (Lipinski definition) is 1. The van der Waals surface area contributed by atoms with E-state index < -0.39 is 17.7 Å². The molecule has 3 heterocycles. The molecule has 1 amide bonds. The molecule has 5 rings (SSSR count). The number of likely N-dealkylation sites (tertiary alicyclic amines) is 1. The number of carbonyl (C=O) groups is 2. The van der Waals surface area contributed by atoms with Gasteiger partial charge in [-0.2, -0.15) is 0 Å². The lowest BCUT2D eigenvalue weighted by molar-refractivity contribution is -0.149. The van der Waals surface area contributed by atoms with Crippen molar-refractivity contribution < 1.29 is 29.0 Å². The number of hydrogen-bond acceptors (Lipinski definition) is 7. The van der Waals surface area contributed by atoms with Gasteiger partial charge in [0, 0.05) is 48.5 Å². The van der Waals surface area contributed by atoms with Gasteiger partial charge in [0.15, 0.2) is 0 Å². The highest BCUT2D eigenvalue weighted by Crippen LogP contribution is 2.42. The third-order valence-corrected chi connectivity index (χ3v) is 7.22. The van der Waals surface area contributed by atoms with Crippen molar-refractivity contribution in [2.24, 2.45) is 11.1 Å². The normalized spacial score (nSPS) is 21.0. The maximum Gasteiger partial charge on any atom is 0.407 e. The zero-order valence-electron chi connectivity index (χ0n) is 20.8. The van der Waals surface area contributed by atoms with Crippen LogP contribution in [0.2, 0.25) is 0 Å². The number of amides is 1. The Labute approximate surface area is 214 Å². The van der Waals surface area contributed by atoms with Crippen molar-refractivity contribution in [2.75, 3.05) is 20.2 Å². The molecule has 192 valence electrons. The topological polar surface area (TPSA) is 111 Å². The van der Waals surface area contributed by atoms with E-state index in [0.717, 1.165) is 39.2 Å². The number of para-hydroxylation sites is 1. The minimum Gasteiger partial charge on any atom is -0.489 e. The van der Waals surface area contributed by atoms with E-state index >= 15 is 0 Å². The number of carbonyl (C=O) groups excluding carboxylic acids is 1. The number of fused-ring (bicyclic) bond motifs is 1. The van der Waals surface area contributed by atoms with Crippen LogP contribution in [0.1, 0.15) is 36.1 Å². The van der Waals surface area contributed by atoms with E-state index in [0.29, 0.717) is 26.0 Å². The van der Waals surface area contributed by atoms with E-state index in [2.05, 4.69) is 10.1 Å². The summed E-state index contributed by atoms with van der Waals surface area (Å²) >= 11 is 0. The monoisotopic (exact) mass is 503 g/mol. The predicted molar refractivity (Wildman–Crippen MR) is 137 cm³/mol. The number of esters is 1. The number of benzene rings is 2. The SMILES string of the molecule is COC(=O)CC1CN(C(=O)O)CCC12CC(c1ccc(OCc3cc(C)nc4ccccc34)cc1)=NO2. The molecule has 2 aliphatic rings. The number of aryl methyl sites for hydroxylation is 1. The first-order valence-corrected chi connectivity index (χ1v) is 12.2. The Morgan fingerprint density at radius 1 is 1.19 bits per heavy atom. The van der Waals surface area contributed by atoms with Crippen LogP contribution in [-0.4, -0.2) is 58.6 Å². The molecule has 1 N–H and O–H groups in total. The fourth-order valence-corrected chi connectivity index (χ4v) is 5.18. The maximum absolute atomic E-state index is 12.0. The van der Waals surface area contributed by atoms with Crippen molar-refractivity contribution in [2.45, 2.75) is 38.4 Å². The van der Waals surface area contributed by atoms with Crippen molar-refractivity contribution in [3.8, 4) is 5.75 Å². The maximum atomic E-state index is 12.0. The summed E-state index contributed by atoms with van der Waals surface area (Å²) < 4.78 is 10.9. The highest BCUT2D eigenvalue weighted by molar-refractivity contribution is 6.01. The highest BCUT2D eigenvalue weighted by Gasteiger charge is 2.51. The van der Waals surface area contributed by atoms with Gasteiger partial charge in [-0.05, 0) is 48.9 Å². The second-order valence-electron chi connectivity index (χ2n) is 9.58. The number of methoxy groups -OCH3 is 1. The molecule has 0 bridgehead atoms. The van der Waals surface area contributed by atoms with Gasteiger partial charge in [-0.15, -0.1) is 0 Å². The molecule has 1 aromatic heterocycles. The Hall–Kier alpha value is -4.14. The molecule has 3 aromatic rings. The predicted octanol–water partition coefficient (Wildman–Crippen LogP) is 4.55. The number of oxime groups is 1. The first-order valence-electron chi connectivity index (χ1n) is 12.2. The lowest BCUT2D eigenvalue weighted by atomic mass is 9.75. The quantitative estimate of drug-likeness (QED) is 0.492. The van der Waals surface area contributed by atoms with Crippen molar-refractivity contribution in [3.63, 3.8) is 0 Å². The van der Waals surface area contributed by atoms with Crippen LogP contribution in [0.5, 0.6) is 5.75 Å². The van der Waals surface area contributed by atoms with Gasteiger partial charge in [0.1, 0.15) is 18.0 Å². The second-order valence-corrected chi connectivity index (χ2v) is 9.58. The molecular weight excluding hydrogens is 474 g/mol. The molecule has 2 atom stereocenters. The number of piperidine rings is 1. The smallest absolute Gasteiger partial charge is 0.407 e. The fourth-order valence-electron chi connectivity index (χ4n) is 5.18. The molecule has 1 spiro atoms. The van der Waals surface area contributed by atoms with Crippen molar-refractivity contribution in [1.82, 2.24) is 9.88 Å². The lowest BCUT2D eigenvalue weighted by Crippen LogP contribution is -2.54. The number of nitrogens with zero attached hydrogens (tertiary/aromatic N) is 3. The number of pyridine rings is 1. The van der Waals surface area contributed by atoms with Crippen LogP contribution >= 0.6 is 0 Å². The van der Waals surface area contributed by atoms with Crippen LogP contribution in [-0.2, 0) is 21.0 Å². The summed E-state index contributed by atoms with van der Waals surface area (Å²) in [5.74, 6) is -0.0190. The van der Waals surface area contributed by atoms with Gasteiger partial charge in [0.25, 0.3) is 0 Å². The first kappa shape index (κ1) is 24.5. The molecule has 1 fully saturated rings. The summed E-state index contributed by atoms with van der Waals surface area (Å²) in [5, 5.41) is 14.9. The average Bonchev–Trinajstić information content (AvgIpc) is 3.33. The van der Waals surface area contributed by atoms with Crippen LogP contribution in [0.3, 0.4) is 0 Å². The van der Waals surface area contributed by atoms with Crippen LogP contribution in [0.15, 0.2) is 59.8 Å². The van der Waals surface area contributed by atoms with Crippen molar-refractivity contribution >= 4 is 28.7 Å². The van der Waals surface area contributed by atoms with Crippen LogP contribution in [0, 0.1) is 12.8 Å². The average molecular weight is 504 g/mol. The highest BCUT2D eigenvalue weighted by atomic mass is 16.7. The first-order chi connectivity index (χ1) is 17.9. The van der Waals surface area contributed by atoms with E-state index in [1.165, 1.54) is 12.0 Å². The van der Waals surface area contributed by atoms with Gasteiger partial charge in [0.05, 0.1) is 24.8 Å². The summed E-state index contributed by atoms with van der Waals surface area (Å²) in [6.07, 6.45) is 0.00678. The summed E-state index contributed by atoms with van der Waals surface area (Å²) in [4.78, 5) is 35.4. The Morgan fingerprint density at radius 3 is 2.73 bits per heavy atom. The van der Waals surface area contributed by atoms with Crippen molar-refractivity contribution in [3.05, 3.63) is 71.4 Å². The summed E-state index contributed by atoms with van der Waals surface area (Å²) in [6.45, 7) is 2.92. The minimum atomic E-state index is -1.01. The van der Waals surface area contributed by atoms with Gasteiger partial charge in [0.2, 0.25) is 0 Å². The summed E-state index contributed by atoms with van der Waals surface area (Å²) in [6, 6.07) is 17.7. The van der Waals surface area contributed by atoms with Gasteiger partial charge in [-0.25, -0.2) is 4.79 Å². The molecule has 0 radical (unpaired) electrons.